The van der Waals surface area contributed by atoms with Crippen LogP contribution in [0.15, 0.2) is 83.3 Å². The maximum absolute atomic E-state index is 12.6. The van der Waals surface area contributed by atoms with Gasteiger partial charge in [0, 0.05) is 22.7 Å². The second-order valence-electron chi connectivity index (χ2n) is 6.44. The molecule has 1 N–H and O–H groups in total. The van der Waals surface area contributed by atoms with Crippen LogP contribution in [0.5, 0.6) is 0 Å². The van der Waals surface area contributed by atoms with Crippen LogP contribution >= 0.6 is 23.1 Å². The van der Waals surface area contributed by atoms with Gasteiger partial charge < -0.3 is 5.32 Å². The minimum absolute atomic E-state index is 0.0661. The van der Waals surface area contributed by atoms with Crippen LogP contribution in [0.2, 0.25) is 0 Å². The molecule has 2 heterocycles. The molecule has 7 heteroatoms. The quantitative estimate of drug-likeness (QED) is 0.426. The second-order valence-corrected chi connectivity index (χ2v) is 8.78. The lowest BCUT2D eigenvalue weighted by atomic mass is 10.3. The van der Waals surface area contributed by atoms with Crippen molar-refractivity contribution < 1.29 is 4.79 Å². The molecule has 0 spiro atoms. The normalized spacial score (nSPS) is 11.9. The standard InChI is InChI=1S/C22H20N4OS2/c1-16(21(27)23-17-9-4-2-5-10-17)29-22-25-24-20(15-19-13-8-14-28-19)26(22)18-11-6-3-7-12-18/h2-14,16H,15H2,1H3,(H,23,27). The van der Waals surface area contributed by atoms with Crippen LogP contribution < -0.4 is 5.32 Å². The molecule has 5 nitrogen and oxygen atoms in total. The summed E-state index contributed by atoms with van der Waals surface area (Å²) in [6.07, 6.45) is 0.699. The number of carbonyl (C=O) groups is 1. The van der Waals surface area contributed by atoms with E-state index in [-0.39, 0.29) is 11.2 Å². The van der Waals surface area contributed by atoms with Crippen molar-refractivity contribution in [3.63, 3.8) is 0 Å². The van der Waals surface area contributed by atoms with E-state index in [0.717, 1.165) is 17.2 Å². The number of nitrogens with one attached hydrogen (secondary N) is 1. The van der Waals surface area contributed by atoms with E-state index in [0.29, 0.717) is 11.6 Å². The van der Waals surface area contributed by atoms with Gasteiger partial charge in [-0.25, -0.2) is 0 Å². The fourth-order valence-electron chi connectivity index (χ4n) is 2.87. The first kappa shape index (κ1) is 19.4. The minimum Gasteiger partial charge on any atom is -0.325 e. The van der Waals surface area contributed by atoms with E-state index in [1.807, 2.05) is 78.2 Å². The Kier molecular flexibility index (Phi) is 6.07. The predicted octanol–water partition coefficient (Wildman–Crippen LogP) is 5.04. The molecule has 0 saturated carbocycles. The van der Waals surface area contributed by atoms with Gasteiger partial charge in [0.15, 0.2) is 5.16 Å². The Balaban J connectivity index is 1.58. The van der Waals surface area contributed by atoms with Crippen LogP contribution in [0.25, 0.3) is 5.69 Å². The molecule has 1 unspecified atom stereocenters. The Morgan fingerprint density at radius 3 is 2.45 bits per heavy atom. The Labute approximate surface area is 177 Å². The summed E-state index contributed by atoms with van der Waals surface area (Å²) in [7, 11) is 0. The van der Waals surface area contributed by atoms with Crippen LogP contribution in [0.4, 0.5) is 5.69 Å². The molecule has 0 saturated heterocycles. The molecule has 0 aliphatic rings. The summed E-state index contributed by atoms with van der Waals surface area (Å²) in [5.74, 6) is 0.792. The number of aromatic nitrogens is 3. The number of carbonyl (C=O) groups excluding carboxylic acids is 1. The van der Waals surface area contributed by atoms with Crippen molar-refractivity contribution in [2.24, 2.45) is 0 Å². The lowest BCUT2D eigenvalue weighted by Crippen LogP contribution is -2.22. The number of nitrogens with zero attached hydrogens (tertiary/aromatic N) is 3. The molecular weight excluding hydrogens is 400 g/mol. The molecule has 0 bridgehead atoms. The van der Waals surface area contributed by atoms with Crippen molar-refractivity contribution in [1.29, 1.82) is 0 Å². The van der Waals surface area contributed by atoms with Crippen molar-refractivity contribution in [3.05, 3.63) is 88.9 Å². The summed E-state index contributed by atoms with van der Waals surface area (Å²) >= 11 is 3.11. The van der Waals surface area contributed by atoms with Gasteiger partial charge in [-0.2, -0.15) is 0 Å². The molecule has 0 aliphatic heterocycles. The number of para-hydroxylation sites is 2. The topological polar surface area (TPSA) is 59.8 Å². The van der Waals surface area contributed by atoms with Crippen molar-refractivity contribution in [2.45, 2.75) is 23.8 Å². The summed E-state index contributed by atoms with van der Waals surface area (Å²) in [4.78, 5) is 13.9. The van der Waals surface area contributed by atoms with E-state index >= 15 is 0 Å². The highest BCUT2D eigenvalue weighted by Crippen LogP contribution is 2.28. The summed E-state index contributed by atoms with van der Waals surface area (Å²) < 4.78 is 2.04. The number of anilines is 1. The van der Waals surface area contributed by atoms with E-state index in [4.69, 9.17) is 0 Å². The van der Waals surface area contributed by atoms with Gasteiger partial charge in [-0.3, -0.25) is 9.36 Å². The maximum atomic E-state index is 12.6. The van der Waals surface area contributed by atoms with Crippen LogP contribution in [-0.2, 0) is 11.2 Å². The number of rotatable bonds is 7. The second kappa shape index (κ2) is 9.07. The predicted molar refractivity (Wildman–Crippen MR) is 119 cm³/mol. The highest BCUT2D eigenvalue weighted by atomic mass is 32.2. The van der Waals surface area contributed by atoms with E-state index in [2.05, 4.69) is 27.0 Å². The molecule has 146 valence electrons. The Bertz CT molecular complexity index is 1060. The number of hydrogen-bond acceptors (Lipinski definition) is 5. The molecule has 4 aromatic rings. The summed E-state index contributed by atoms with van der Waals surface area (Å²) in [6.45, 7) is 1.88. The Morgan fingerprint density at radius 2 is 1.76 bits per heavy atom. The molecule has 0 radical (unpaired) electrons. The number of thioether (sulfide) groups is 1. The van der Waals surface area contributed by atoms with Gasteiger partial charge in [0.2, 0.25) is 5.91 Å². The fourth-order valence-corrected chi connectivity index (χ4v) is 4.46. The van der Waals surface area contributed by atoms with Gasteiger partial charge in [0.1, 0.15) is 5.82 Å². The van der Waals surface area contributed by atoms with Crippen molar-refractivity contribution >= 4 is 34.7 Å². The van der Waals surface area contributed by atoms with E-state index in [1.165, 1.54) is 16.6 Å². The van der Waals surface area contributed by atoms with Crippen LogP contribution in [0.1, 0.15) is 17.6 Å². The van der Waals surface area contributed by atoms with Gasteiger partial charge in [-0.05, 0) is 42.6 Å². The third-order valence-electron chi connectivity index (χ3n) is 4.32. The van der Waals surface area contributed by atoms with Crippen molar-refractivity contribution in [3.8, 4) is 5.69 Å². The first-order valence-electron chi connectivity index (χ1n) is 9.25. The maximum Gasteiger partial charge on any atom is 0.237 e. The van der Waals surface area contributed by atoms with E-state index in [1.54, 1.807) is 11.3 Å². The zero-order chi connectivity index (χ0) is 20.1. The molecule has 2 aromatic heterocycles. The van der Waals surface area contributed by atoms with Gasteiger partial charge in [0.05, 0.1) is 5.25 Å². The average Bonchev–Trinajstić information content (AvgIpc) is 3.40. The van der Waals surface area contributed by atoms with Crippen molar-refractivity contribution in [1.82, 2.24) is 14.8 Å². The zero-order valence-corrected chi connectivity index (χ0v) is 17.5. The number of amides is 1. The van der Waals surface area contributed by atoms with Gasteiger partial charge in [-0.1, -0.05) is 54.2 Å². The molecule has 0 fully saturated rings. The molecule has 29 heavy (non-hydrogen) atoms. The molecule has 2 aromatic carbocycles. The average molecular weight is 421 g/mol. The summed E-state index contributed by atoms with van der Waals surface area (Å²) in [5.41, 5.74) is 1.77. The van der Waals surface area contributed by atoms with Gasteiger partial charge in [0.25, 0.3) is 0 Å². The largest absolute Gasteiger partial charge is 0.325 e. The molecule has 0 aliphatic carbocycles. The third kappa shape index (κ3) is 4.75. The zero-order valence-electron chi connectivity index (χ0n) is 15.9. The number of hydrogen-bond donors (Lipinski definition) is 1. The number of thiophene rings is 1. The smallest absolute Gasteiger partial charge is 0.237 e. The number of benzene rings is 2. The van der Waals surface area contributed by atoms with E-state index < -0.39 is 0 Å². The molecule has 4 rings (SSSR count). The SMILES string of the molecule is CC(Sc1nnc(Cc2cccs2)n1-c1ccccc1)C(=O)Nc1ccccc1. The van der Waals surface area contributed by atoms with Crippen LogP contribution in [0, 0.1) is 0 Å². The third-order valence-corrected chi connectivity index (χ3v) is 6.24. The van der Waals surface area contributed by atoms with Gasteiger partial charge >= 0.3 is 0 Å². The lowest BCUT2D eigenvalue weighted by Gasteiger charge is -2.14. The van der Waals surface area contributed by atoms with E-state index in [9.17, 15) is 4.79 Å². The van der Waals surface area contributed by atoms with Gasteiger partial charge in [-0.15, -0.1) is 21.5 Å². The molecular formula is C22H20N4OS2. The summed E-state index contributed by atoms with van der Waals surface area (Å²) in [6, 6.07) is 23.6. The first-order chi connectivity index (χ1) is 14.2. The molecule has 1 amide bonds. The first-order valence-corrected chi connectivity index (χ1v) is 11.0. The monoisotopic (exact) mass is 420 g/mol. The lowest BCUT2D eigenvalue weighted by molar-refractivity contribution is -0.115. The Hall–Kier alpha value is -2.90. The fraction of sp³-hybridized carbons (Fsp3) is 0.136. The summed E-state index contributed by atoms with van der Waals surface area (Å²) in [5, 5.41) is 14.2. The Morgan fingerprint density at radius 1 is 1.03 bits per heavy atom. The van der Waals surface area contributed by atoms with Crippen molar-refractivity contribution in [2.75, 3.05) is 5.32 Å². The highest BCUT2D eigenvalue weighted by Gasteiger charge is 2.21. The van der Waals surface area contributed by atoms with Crippen LogP contribution in [-0.4, -0.2) is 25.9 Å². The van der Waals surface area contributed by atoms with Crippen LogP contribution in [0.3, 0.4) is 0 Å². The minimum atomic E-state index is -0.323. The highest BCUT2D eigenvalue weighted by molar-refractivity contribution is 8.00. The molecule has 1 atom stereocenters.